The van der Waals surface area contributed by atoms with Crippen molar-refractivity contribution in [3.05, 3.63) is 11.8 Å². The molecule has 0 atom stereocenters. The number of ether oxygens (including phenoxy) is 1. The average molecular weight is 351 g/mol. The van der Waals surface area contributed by atoms with Gasteiger partial charge in [-0.15, -0.1) is 0 Å². The first-order valence-corrected chi connectivity index (χ1v) is 8.63. The summed E-state index contributed by atoms with van der Waals surface area (Å²) in [5.41, 5.74) is 0. The number of carbonyl (C=O) groups excluding carboxylic acids is 2. The highest BCUT2D eigenvalue weighted by molar-refractivity contribution is 5.91. The summed E-state index contributed by atoms with van der Waals surface area (Å²) in [6.45, 7) is 8.25. The molecule has 0 saturated carbocycles. The molecule has 1 aromatic heterocycles. The molecule has 3 rings (SSSR count). The van der Waals surface area contributed by atoms with Crippen LogP contribution in [0.1, 0.15) is 5.76 Å². The third-order valence-electron chi connectivity index (χ3n) is 4.45. The van der Waals surface area contributed by atoms with E-state index in [0.717, 1.165) is 26.2 Å². The SMILES string of the molecule is Cc1cc(NC(=O)CN2CCN(CC(=O)N3CCOCC3)CC2)no1. The van der Waals surface area contributed by atoms with Gasteiger partial charge in [0.1, 0.15) is 5.76 Å². The number of carbonyl (C=O) groups is 2. The highest BCUT2D eigenvalue weighted by Crippen LogP contribution is 2.08. The van der Waals surface area contributed by atoms with Gasteiger partial charge in [0.15, 0.2) is 5.82 Å². The van der Waals surface area contributed by atoms with Crippen LogP contribution in [0.5, 0.6) is 0 Å². The quantitative estimate of drug-likeness (QED) is 0.757. The van der Waals surface area contributed by atoms with Crippen LogP contribution in [0.4, 0.5) is 5.82 Å². The Hall–Kier alpha value is -1.97. The van der Waals surface area contributed by atoms with Crippen molar-refractivity contribution in [2.24, 2.45) is 0 Å². The molecule has 0 spiro atoms. The van der Waals surface area contributed by atoms with E-state index in [9.17, 15) is 9.59 Å². The lowest BCUT2D eigenvalue weighted by molar-refractivity contribution is -0.137. The minimum Gasteiger partial charge on any atom is -0.378 e. The number of nitrogens with one attached hydrogen (secondary N) is 1. The van der Waals surface area contributed by atoms with E-state index in [1.54, 1.807) is 13.0 Å². The van der Waals surface area contributed by atoms with Gasteiger partial charge < -0.3 is 19.5 Å². The molecule has 9 nitrogen and oxygen atoms in total. The van der Waals surface area contributed by atoms with Crippen LogP contribution in [0.15, 0.2) is 10.6 Å². The van der Waals surface area contributed by atoms with Crippen LogP contribution in [0, 0.1) is 6.92 Å². The Kier molecular flexibility index (Phi) is 6.00. The Labute approximate surface area is 146 Å². The maximum Gasteiger partial charge on any atom is 0.239 e. The van der Waals surface area contributed by atoms with Crippen LogP contribution < -0.4 is 5.32 Å². The largest absolute Gasteiger partial charge is 0.378 e. The van der Waals surface area contributed by atoms with Crippen molar-refractivity contribution in [2.75, 3.05) is 70.9 Å². The fourth-order valence-electron chi connectivity index (χ4n) is 3.02. The third-order valence-corrected chi connectivity index (χ3v) is 4.45. The van der Waals surface area contributed by atoms with Gasteiger partial charge in [-0.05, 0) is 6.92 Å². The van der Waals surface area contributed by atoms with Gasteiger partial charge in [0.05, 0.1) is 26.3 Å². The van der Waals surface area contributed by atoms with E-state index in [2.05, 4.69) is 20.3 Å². The van der Waals surface area contributed by atoms with E-state index in [0.29, 0.717) is 51.0 Å². The number of amides is 2. The number of aryl methyl sites for hydroxylation is 1. The summed E-state index contributed by atoms with van der Waals surface area (Å²) in [4.78, 5) is 30.4. The summed E-state index contributed by atoms with van der Waals surface area (Å²) in [5, 5.41) is 6.48. The van der Waals surface area contributed by atoms with Crippen LogP contribution in [-0.2, 0) is 14.3 Å². The van der Waals surface area contributed by atoms with Crippen LogP contribution in [0.2, 0.25) is 0 Å². The van der Waals surface area contributed by atoms with Gasteiger partial charge in [-0.25, -0.2) is 0 Å². The van der Waals surface area contributed by atoms with Gasteiger partial charge >= 0.3 is 0 Å². The summed E-state index contributed by atoms with van der Waals surface area (Å²) >= 11 is 0. The molecule has 2 aliphatic rings. The molecule has 1 aromatic rings. The molecule has 0 unspecified atom stereocenters. The number of piperazine rings is 1. The van der Waals surface area contributed by atoms with Gasteiger partial charge in [-0.2, -0.15) is 0 Å². The lowest BCUT2D eigenvalue weighted by Gasteiger charge is -2.35. The Morgan fingerprint density at radius 2 is 1.72 bits per heavy atom. The number of aromatic nitrogens is 1. The second-order valence-electron chi connectivity index (χ2n) is 6.42. The first-order chi connectivity index (χ1) is 12.1. The molecule has 3 heterocycles. The van der Waals surface area contributed by atoms with E-state index in [1.165, 1.54) is 0 Å². The monoisotopic (exact) mass is 351 g/mol. The van der Waals surface area contributed by atoms with Gasteiger partial charge in [-0.1, -0.05) is 5.16 Å². The molecule has 1 N–H and O–H groups in total. The molecule has 0 radical (unpaired) electrons. The normalized spacial score (nSPS) is 19.8. The molecule has 0 bridgehead atoms. The van der Waals surface area contributed by atoms with Crippen molar-refractivity contribution in [3.8, 4) is 0 Å². The highest BCUT2D eigenvalue weighted by atomic mass is 16.5. The fraction of sp³-hybridized carbons (Fsp3) is 0.688. The van der Waals surface area contributed by atoms with Crippen molar-refractivity contribution in [1.29, 1.82) is 0 Å². The lowest BCUT2D eigenvalue weighted by Crippen LogP contribution is -2.52. The van der Waals surface area contributed by atoms with Gasteiger partial charge in [0.25, 0.3) is 0 Å². The molecule has 138 valence electrons. The standard InChI is InChI=1S/C16H25N5O4/c1-13-10-14(18-25-13)17-15(22)11-19-2-4-20(5-3-19)12-16(23)21-6-8-24-9-7-21/h10H,2-9,11-12H2,1H3,(H,17,18,22). The highest BCUT2D eigenvalue weighted by Gasteiger charge is 2.23. The Bertz CT molecular complexity index is 591. The number of hydrogen-bond acceptors (Lipinski definition) is 7. The number of anilines is 1. The average Bonchev–Trinajstić information content (AvgIpc) is 3.02. The molecule has 2 saturated heterocycles. The molecule has 0 aromatic carbocycles. The zero-order chi connectivity index (χ0) is 17.6. The summed E-state index contributed by atoms with van der Waals surface area (Å²) in [6, 6.07) is 1.69. The second kappa shape index (κ2) is 8.41. The Morgan fingerprint density at radius 1 is 1.08 bits per heavy atom. The van der Waals surface area contributed by atoms with E-state index >= 15 is 0 Å². The topological polar surface area (TPSA) is 91.2 Å². The molecule has 2 amide bonds. The van der Waals surface area contributed by atoms with Crippen LogP contribution in [0.3, 0.4) is 0 Å². The van der Waals surface area contributed by atoms with Crippen LogP contribution in [0.25, 0.3) is 0 Å². The molecule has 9 heteroatoms. The molecular formula is C16H25N5O4. The van der Waals surface area contributed by atoms with E-state index in [1.807, 2.05) is 4.90 Å². The Balaban J connectivity index is 1.36. The van der Waals surface area contributed by atoms with Crippen molar-refractivity contribution in [1.82, 2.24) is 19.9 Å². The minimum absolute atomic E-state index is 0.105. The Morgan fingerprint density at radius 3 is 2.32 bits per heavy atom. The molecule has 2 fully saturated rings. The molecule has 25 heavy (non-hydrogen) atoms. The van der Waals surface area contributed by atoms with Gasteiger partial charge in [-0.3, -0.25) is 19.4 Å². The maximum atomic E-state index is 12.3. The lowest BCUT2D eigenvalue weighted by atomic mass is 10.3. The molecule has 2 aliphatic heterocycles. The predicted octanol–water partition coefficient (Wildman–Crippen LogP) is -0.602. The second-order valence-corrected chi connectivity index (χ2v) is 6.42. The molecule has 0 aliphatic carbocycles. The van der Waals surface area contributed by atoms with E-state index in [-0.39, 0.29) is 11.8 Å². The predicted molar refractivity (Wildman–Crippen MR) is 90.1 cm³/mol. The smallest absolute Gasteiger partial charge is 0.239 e. The number of rotatable bonds is 5. The number of morpholine rings is 1. The van der Waals surface area contributed by atoms with Crippen molar-refractivity contribution in [3.63, 3.8) is 0 Å². The van der Waals surface area contributed by atoms with Crippen LogP contribution >= 0.6 is 0 Å². The number of nitrogens with zero attached hydrogens (tertiary/aromatic N) is 4. The third kappa shape index (κ3) is 5.25. The zero-order valence-electron chi connectivity index (χ0n) is 14.6. The van der Waals surface area contributed by atoms with Gasteiger partial charge in [0, 0.05) is 45.3 Å². The first kappa shape index (κ1) is 17.8. The van der Waals surface area contributed by atoms with Crippen LogP contribution in [-0.4, -0.2) is 97.2 Å². The summed E-state index contributed by atoms with van der Waals surface area (Å²) in [7, 11) is 0. The van der Waals surface area contributed by atoms with E-state index < -0.39 is 0 Å². The van der Waals surface area contributed by atoms with E-state index in [4.69, 9.17) is 9.26 Å². The van der Waals surface area contributed by atoms with Crippen molar-refractivity contribution in [2.45, 2.75) is 6.92 Å². The van der Waals surface area contributed by atoms with Gasteiger partial charge in [0.2, 0.25) is 11.8 Å². The summed E-state index contributed by atoms with van der Waals surface area (Å²) in [5.74, 6) is 1.16. The maximum absolute atomic E-state index is 12.3. The first-order valence-electron chi connectivity index (χ1n) is 8.63. The van der Waals surface area contributed by atoms with Crippen molar-refractivity contribution >= 4 is 17.6 Å². The zero-order valence-corrected chi connectivity index (χ0v) is 14.6. The fourth-order valence-corrected chi connectivity index (χ4v) is 3.02. The summed E-state index contributed by atoms with van der Waals surface area (Å²) in [6.07, 6.45) is 0. The summed E-state index contributed by atoms with van der Waals surface area (Å²) < 4.78 is 10.2. The minimum atomic E-state index is -0.105. The molecular weight excluding hydrogens is 326 g/mol. The number of hydrogen-bond donors (Lipinski definition) is 1. The van der Waals surface area contributed by atoms with Crippen molar-refractivity contribution < 1.29 is 18.8 Å².